The Morgan fingerprint density at radius 3 is 2.10 bits per heavy atom. The smallest absolute Gasteiger partial charge is 0.410 e. The second-order valence-corrected chi connectivity index (χ2v) is 13.9. The van der Waals surface area contributed by atoms with E-state index in [1.807, 2.05) is 79.0 Å². The van der Waals surface area contributed by atoms with Crippen molar-refractivity contribution >= 4 is 29.6 Å². The van der Waals surface area contributed by atoms with Crippen molar-refractivity contribution in [2.75, 3.05) is 19.3 Å². The molecule has 2 aromatic carbocycles. The van der Waals surface area contributed by atoms with Gasteiger partial charge in [-0.25, -0.2) is 9.59 Å². The van der Waals surface area contributed by atoms with Gasteiger partial charge >= 0.3 is 12.1 Å². The number of Topliss-reactive ketones (excluding diaryl/α,β-unsaturated/α-hetero) is 1. The Balaban J connectivity index is 1.77. The fraction of sp³-hybridized carbons (Fsp3) is 0.559. The highest BCUT2D eigenvalue weighted by Gasteiger charge is 2.40. The highest BCUT2D eigenvalue weighted by atomic mass is 32.2. The largest absolute Gasteiger partial charge is 0.476 e. The van der Waals surface area contributed by atoms with Crippen LogP contribution in [0, 0.1) is 25.7 Å². The van der Waals surface area contributed by atoms with Gasteiger partial charge in [0.15, 0.2) is 11.4 Å². The van der Waals surface area contributed by atoms with Crippen LogP contribution in [0.25, 0.3) is 0 Å². The van der Waals surface area contributed by atoms with Gasteiger partial charge in [0.2, 0.25) is 0 Å². The summed E-state index contributed by atoms with van der Waals surface area (Å²) >= 11 is 1.63. The van der Waals surface area contributed by atoms with Gasteiger partial charge in [0, 0.05) is 29.5 Å². The van der Waals surface area contributed by atoms with Gasteiger partial charge in [0.05, 0.1) is 6.10 Å². The molecule has 230 valence electrons. The zero-order valence-corrected chi connectivity index (χ0v) is 27.6. The van der Waals surface area contributed by atoms with Crippen molar-refractivity contribution < 1.29 is 28.6 Å². The number of esters is 1. The molecule has 1 heterocycles. The number of amides is 1. The third kappa shape index (κ3) is 8.76. The molecule has 0 bridgehead atoms. The minimum absolute atomic E-state index is 0.0000735. The molecule has 1 aliphatic rings. The summed E-state index contributed by atoms with van der Waals surface area (Å²) in [6.45, 7) is 17.4. The highest BCUT2D eigenvalue weighted by Crippen LogP contribution is 2.34. The Morgan fingerprint density at radius 1 is 0.976 bits per heavy atom. The van der Waals surface area contributed by atoms with Gasteiger partial charge in [0.25, 0.3) is 0 Å². The molecule has 2 aromatic rings. The normalized spacial score (nSPS) is 17.4. The minimum Gasteiger partial charge on any atom is -0.476 e. The molecule has 7 nitrogen and oxygen atoms in total. The first kappa shape index (κ1) is 33.5. The Kier molecular flexibility index (Phi) is 10.8. The molecule has 0 aromatic heterocycles. The van der Waals surface area contributed by atoms with E-state index in [0.29, 0.717) is 24.4 Å². The van der Waals surface area contributed by atoms with Crippen LogP contribution in [0.3, 0.4) is 0 Å². The standard InChI is InChI=1S/C34H47NO6S/c1-21(2)39-32(38)35-19-26(28(20-35)29(36)25-13-15-27(42-10)16-14-25)12-11-24-17-22(3)30(23(4)18-24)40-34(8,9)31(37)41-33(5,6)7/h13-18,21,26,28H,11-12,19-20H2,1-10H3. The number of ketones is 1. The van der Waals surface area contributed by atoms with E-state index >= 15 is 0 Å². The van der Waals surface area contributed by atoms with Crippen molar-refractivity contribution in [1.82, 2.24) is 4.90 Å². The van der Waals surface area contributed by atoms with Crippen LogP contribution in [0.2, 0.25) is 0 Å². The van der Waals surface area contributed by atoms with E-state index in [0.717, 1.165) is 34.4 Å². The molecule has 8 heteroatoms. The number of carbonyl (C=O) groups is 3. The van der Waals surface area contributed by atoms with Gasteiger partial charge in [-0.15, -0.1) is 11.8 Å². The average molecular weight is 598 g/mol. The summed E-state index contributed by atoms with van der Waals surface area (Å²) in [4.78, 5) is 42.0. The lowest BCUT2D eigenvalue weighted by atomic mass is 9.84. The van der Waals surface area contributed by atoms with Crippen LogP contribution >= 0.6 is 11.8 Å². The first-order valence-electron chi connectivity index (χ1n) is 14.7. The van der Waals surface area contributed by atoms with E-state index in [1.165, 1.54) is 0 Å². The monoisotopic (exact) mass is 597 g/mol. The van der Waals surface area contributed by atoms with Crippen LogP contribution < -0.4 is 4.74 Å². The molecular weight excluding hydrogens is 550 g/mol. The van der Waals surface area contributed by atoms with E-state index in [1.54, 1.807) is 30.5 Å². The Morgan fingerprint density at radius 2 is 1.57 bits per heavy atom. The topological polar surface area (TPSA) is 82.1 Å². The number of hydrogen-bond acceptors (Lipinski definition) is 7. The number of aryl methyl sites for hydroxylation is 3. The maximum absolute atomic E-state index is 13.6. The zero-order chi connectivity index (χ0) is 31.4. The summed E-state index contributed by atoms with van der Waals surface area (Å²) in [6.07, 6.45) is 2.89. The van der Waals surface area contributed by atoms with Crippen molar-refractivity contribution in [3.63, 3.8) is 0 Å². The summed E-state index contributed by atoms with van der Waals surface area (Å²) in [5, 5.41) is 0. The van der Waals surface area contributed by atoms with Gasteiger partial charge < -0.3 is 19.1 Å². The van der Waals surface area contributed by atoms with Crippen LogP contribution in [0.15, 0.2) is 41.3 Å². The van der Waals surface area contributed by atoms with Crippen LogP contribution in [0.5, 0.6) is 5.75 Å². The van der Waals surface area contributed by atoms with Gasteiger partial charge in [0.1, 0.15) is 11.4 Å². The minimum atomic E-state index is -1.15. The van der Waals surface area contributed by atoms with Crippen LogP contribution in [-0.2, 0) is 20.7 Å². The molecule has 3 rings (SSSR count). The van der Waals surface area contributed by atoms with Gasteiger partial charge in [-0.05, 0) is 116 Å². The van der Waals surface area contributed by atoms with E-state index in [4.69, 9.17) is 14.2 Å². The van der Waals surface area contributed by atoms with Crippen molar-refractivity contribution in [2.45, 2.75) is 97.4 Å². The Labute approximate surface area is 255 Å². The SMILES string of the molecule is CSc1ccc(C(=O)C2CN(C(=O)OC(C)C)CC2CCc2cc(C)c(OC(C)(C)C(=O)OC(C)(C)C)c(C)c2)cc1. The molecule has 0 N–H and O–H groups in total. The lowest BCUT2D eigenvalue weighted by molar-refractivity contribution is -0.171. The lowest BCUT2D eigenvalue weighted by Gasteiger charge is -2.30. The number of likely N-dealkylation sites (tertiary alicyclic amines) is 1. The molecule has 1 amide bonds. The van der Waals surface area contributed by atoms with Crippen LogP contribution in [0.1, 0.15) is 81.9 Å². The van der Waals surface area contributed by atoms with Crippen molar-refractivity contribution in [2.24, 2.45) is 11.8 Å². The fourth-order valence-corrected chi connectivity index (χ4v) is 5.66. The predicted octanol–water partition coefficient (Wildman–Crippen LogP) is 7.43. The molecule has 0 aliphatic carbocycles. The molecular formula is C34H47NO6S. The quantitative estimate of drug-likeness (QED) is 0.160. The number of thioether (sulfide) groups is 1. The van der Waals surface area contributed by atoms with Crippen molar-refractivity contribution in [3.8, 4) is 5.75 Å². The molecule has 2 unspecified atom stereocenters. The molecule has 1 saturated heterocycles. The second-order valence-electron chi connectivity index (χ2n) is 13.0. The number of nitrogens with zero attached hydrogens (tertiary/aromatic N) is 1. The van der Waals surface area contributed by atoms with Crippen LogP contribution in [0.4, 0.5) is 4.79 Å². The first-order chi connectivity index (χ1) is 19.5. The van der Waals surface area contributed by atoms with E-state index in [-0.39, 0.29) is 29.8 Å². The summed E-state index contributed by atoms with van der Waals surface area (Å²) in [6, 6.07) is 11.8. The molecule has 1 aliphatic heterocycles. The maximum Gasteiger partial charge on any atom is 0.410 e. The second kappa shape index (κ2) is 13.5. The fourth-order valence-electron chi connectivity index (χ4n) is 5.25. The molecule has 1 fully saturated rings. The van der Waals surface area contributed by atoms with Crippen molar-refractivity contribution in [3.05, 3.63) is 58.7 Å². The molecule has 42 heavy (non-hydrogen) atoms. The summed E-state index contributed by atoms with van der Waals surface area (Å²) < 4.78 is 17.2. The summed E-state index contributed by atoms with van der Waals surface area (Å²) in [5.74, 6) is 0.00983. The Bertz CT molecular complexity index is 1250. The van der Waals surface area contributed by atoms with E-state index < -0.39 is 17.2 Å². The number of carbonyl (C=O) groups excluding carboxylic acids is 3. The predicted molar refractivity (Wildman–Crippen MR) is 168 cm³/mol. The van der Waals surface area contributed by atoms with Gasteiger partial charge in [-0.3, -0.25) is 4.79 Å². The number of hydrogen-bond donors (Lipinski definition) is 0. The van der Waals surface area contributed by atoms with E-state index in [9.17, 15) is 14.4 Å². The lowest BCUT2D eigenvalue weighted by Crippen LogP contribution is -2.43. The first-order valence-corrected chi connectivity index (χ1v) is 15.9. The molecule has 0 radical (unpaired) electrons. The van der Waals surface area contributed by atoms with Crippen molar-refractivity contribution in [1.29, 1.82) is 0 Å². The van der Waals surface area contributed by atoms with Crippen LogP contribution in [-0.4, -0.2) is 59.4 Å². The zero-order valence-electron chi connectivity index (χ0n) is 26.8. The average Bonchev–Trinajstić information content (AvgIpc) is 3.32. The maximum atomic E-state index is 13.6. The number of benzene rings is 2. The molecule has 0 spiro atoms. The number of rotatable bonds is 10. The molecule has 0 saturated carbocycles. The highest BCUT2D eigenvalue weighted by molar-refractivity contribution is 7.98. The third-order valence-electron chi connectivity index (χ3n) is 7.32. The number of ether oxygens (including phenoxy) is 3. The van der Waals surface area contributed by atoms with E-state index in [2.05, 4.69) is 12.1 Å². The van der Waals surface area contributed by atoms with Gasteiger partial charge in [-0.1, -0.05) is 24.3 Å². The summed E-state index contributed by atoms with van der Waals surface area (Å²) in [7, 11) is 0. The Hall–Kier alpha value is -3.00. The third-order valence-corrected chi connectivity index (χ3v) is 8.06. The van der Waals surface area contributed by atoms with Gasteiger partial charge in [-0.2, -0.15) is 0 Å². The molecule has 2 atom stereocenters. The summed E-state index contributed by atoms with van der Waals surface area (Å²) in [5.41, 5.74) is 1.89.